The number of halogens is 1. The molecule has 4 amide bonds. The van der Waals surface area contributed by atoms with E-state index in [1.165, 1.54) is 4.90 Å². The van der Waals surface area contributed by atoms with Crippen LogP contribution in [0.15, 0.2) is 53.0 Å². The molecular weight excluding hydrogens is 604 g/mol. The van der Waals surface area contributed by atoms with E-state index in [4.69, 9.17) is 4.74 Å². The number of benzene rings is 1. The lowest BCUT2D eigenvalue weighted by molar-refractivity contribution is -0.159. The van der Waals surface area contributed by atoms with Crippen molar-refractivity contribution in [2.45, 2.75) is 38.1 Å². The molecule has 218 valence electrons. The number of carbonyl (C=O) groups is 6. The Kier molecular flexibility index (Phi) is 6.79. The van der Waals surface area contributed by atoms with Gasteiger partial charge in [-0.2, -0.15) is 0 Å². The van der Waals surface area contributed by atoms with Gasteiger partial charge < -0.3 is 4.74 Å². The molecule has 2 heterocycles. The van der Waals surface area contributed by atoms with Crippen LogP contribution in [0.5, 0.6) is 0 Å². The van der Waals surface area contributed by atoms with E-state index in [0.29, 0.717) is 18.4 Å². The molecule has 0 radical (unpaired) electrons. The van der Waals surface area contributed by atoms with Crippen LogP contribution in [0.3, 0.4) is 0 Å². The molecular formula is C32H31BrN2O7. The smallest absolute Gasteiger partial charge is 0.329 e. The maximum atomic E-state index is 13.5. The molecule has 0 N–H and O–H groups in total. The van der Waals surface area contributed by atoms with Gasteiger partial charge in [0.1, 0.15) is 6.04 Å². The van der Waals surface area contributed by atoms with Crippen molar-refractivity contribution in [2.75, 3.05) is 13.2 Å². The highest BCUT2D eigenvalue weighted by Crippen LogP contribution is 2.54. The van der Waals surface area contributed by atoms with Crippen LogP contribution in [0.1, 0.15) is 42.5 Å². The molecule has 0 aromatic heterocycles. The van der Waals surface area contributed by atoms with E-state index >= 15 is 0 Å². The monoisotopic (exact) mass is 634 g/mol. The van der Waals surface area contributed by atoms with Crippen molar-refractivity contribution >= 4 is 51.3 Å². The van der Waals surface area contributed by atoms with E-state index in [9.17, 15) is 28.8 Å². The van der Waals surface area contributed by atoms with Crippen LogP contribution in [0.2, 0.25) is 0 Å². The van der Waals surface area contributed by atoms with Crippen molar-refractivity contribution in [3.8, 4) is 0 Å². The summed E-state index contributed by atoms with van der Waals surface area (Å²) in [5, 5.41) is 0. The largest absolute Gasteiger partial charge is 0.456 e. The number of amides is 4. The first-order valence-corrected chi connectivity index (χ1v) is 15.6. The van der Waals surface area contributed by atoms with Crippen LogP contribution in [0.4, 0.5) is 0 Å². The summed E-state index contributed by atoms with van der Waals surface area (Å²) in [6.45, 7) is -0.280. The van der Waals surface area contributed by atoms with Crippen molar-refractivity contribution in [1.29, 1.82) is 0 Å². The summed E-state index contributed by atoms with van der Waals surface area (Å²) < 4.78 is 6.22. The van der Waals surface area contributed by atoms with Gasteiger partial charge in [0.15, 0.2) is 12.4 Å². The summed E-state index contributed by atoms with van der Waals surface area (Å²) >= 11 is 3.32. The van der Waals surface area contributed by atoms with Crippen molar-refractivity contribution in [2.24, 2.45) is 47.3 Å². The van der Waals surface area contributed by atoms with Crippen molar-refractivity contribution in [3.63, 3.8) is 0 Å². The average Bonchev–Trinajstić information content (AvgIpc) is 3.83. The average molecular weight is 636 g/mol. The van der Waals surface area contributed by atoms with Gasteiger partial charge in [0.25, 0.3) is 0 Å². The third kappa shape index (κ3) is 4.24. The SMILES string of the molecule is O=C(COC(=O)[C@H](CCCCN1C(=O)[C@@H]2[C@H](C1=O)[C@H]1C=C[C@H]2C1)N1C(=O)[C@@H]2[C@H](C1=O)[C@H]1C=C[C@H]2C1)c1ccc(Br)cc1. The standard InChI is InChI=1S/C32H31BrN2O7/c33-21-10-8-16(9-11-21)23(36)15-42-32(41)22(35-30(39)26-19-6-7-20(14-19)27(26)31(35)40)3-1-2-12-34-28(37)24-17-4-5-18(13-17)25(24)29(34)38/h4-11,17-20,22,24-27H,1-3,12-15H2/t17-,18-,19-,20-,22-,24-,25+,26-,27+/m0/s1. The van der Waals surface area contributed by atoms with Crippen LogP contribution < -0.4 is 0 Å². The molecule has 2 saturated carbocycles. The molecule has 7 rings (SSSR count). The molecule has 4 bridgehead atoms. The molecule has 4 aliphatic carbocycles. The summed E-state index contributed by atoms with van der Waals surface area (Å²) in [7, 11) is 0. The number of carbonyl (C=O) groups excluding carboxylic acids is 6. The van der Waals surface area contributed by atoms with Gasteiger partial charge in [-0.3, -0.25) is 33.8 Å². The van der Waals surface area contributed by atoms with Crippen LogP contribution in [0.25, 0.3) is 0 Å². The first kappa shape index (κ1) is 27.4. The highest BCUT2D eigenvalue weighted by molar-refractivity contribution is 9.10. The fourth-order valence-electron chi connectivity index (χ4n) is 8.33. The summed E-state index contributed by atoms with van der Waals surface area (Å²) in [6.07, 6.45) is 10.7. The van der Waals surface area contributed by atoms with Gasteiger partial charge in [-0.25, -0.2) is 4.79 Å². The normalized spacial score (nSPS) is 34.1. The van der Waals surface area contributed by atoms with Crippen LogP contribution in [0, 0.1) is 47.3 Å². The minimum Gasteiger partial charge on any atom is -0.456 e. The molecule has 2 saturated heterocycles. The number of fused-ring (bicyclic) bond motifs is 10. The minimum absolute atomic E-state index is 0.00599. The molecule has 2 aliphatic heterocycles. The second kappa shape index (κ2) is 10.4. The molecule has 1 aromatic carbocycles. The van der Waals surface area contributed by atoms with Crippen LogP contribution in [-0.2, 0) is 28.7 Å². The Labute approximate surface area is 251 Å². The second-order valence-corrected chi connectivity index (χ2v) is 13.3. The number of imide groups is 2. The number of nitrogens with zero attached hydrogens (tertiary/aromatic N) is 2. The van der Waals surface area contributed by atoms with Gasteiger partial charge in [0.05, 0.1) is 23.7 Å². The van der Waals surface area contributed by atoms with Crippen molar-refractivity contribution < 1.29 is 33.5 Å². The number of Topliss-reactive ketones (excluding diaryl/α,β-unsaturated/α-hetero) is 1. The topological polar surface area (TPSA) is 118 Å². The van der Waals surface area contributed by atoms with Crippen LogP contribution >= 0.6 is 15.9 Å². The Bertz CT molecular complexity index is 1390. The Hall–Kier alpha value is -3.40. The van der Waals surface area contributed by atoms with E-state index in [-0.39, 0.29) is 72.1 Å². The van der Waals surface area contributed by atoms with Gasteiger partial charge >= 0.3 is 5.97 Å². The van der Waals surface area contributed by atoms with E-state index in [1.807, 2.05) is 12.2 Å². The van der Waals surface area contributed by atoms with Gasteiger partial charge in [-0.15, -0.1) is 0 Å². The third-order valence-corrected chi connectivity index (χ3v) is 10.8. The number of hydrogen-bond donors (Lipinski definition) is 0. The first-order valence-electron chi connectivity index (χ1n) is 14.8. The fourth-order valence-corrected chi connectivity index (χ4v) is 8.59. The molecule has 6 aliphatic rings. The highest BCUT2D eigenvalue weighted by Gasteiger charge is 2.61. The molecule has 9 nitrogen and oxygen atoms in total. The van der Waals surface area contributed by atoms with Gasteiger partial charge in [-0.1, -0.05) is 52.4 Å². The van der Waals surface area contributed by atoms with E-state index in [0.717, 1.165) is 22.2 Å². The second-order valence-electron chi connectivity index (χ2n) is 12.4. The maximum absolute atomic E-state index is 13.5. The number of allylic oxidation sites excluding steroid dienone is 4. The molecule has 42 heavy (non-hydrogen) atoms. The third-order valence-electron chi connectivity index (χ3n) is 10.3. The molecule has 9 atom stereocenters. The lowest BCUT2D eigenvalue weighted by atomic mass is 9.85. The van der Waals surface area contributed by atoms with E-state index < -0.39 is 36.2 Å². The highest BCUT2D eigenvalue weighted by atomic mass is 79.9. The maximum Gasteiger partial charge on any atom is 0.329 e. The molecule has 1 aromatic rings. The molecule has 0 spiro atoms. The summed E-state index contributed by atoms with van der Waals surface area (Å²) in [4.78, 5) is 81.6. The predicted molar refractivity (Wildman–Crippen MR) is 151 cm³/mol. The lowest BCUT2D eigenvalue weighted by Crippen LogP contribution is -2.47. The Morgan fingerprint density at radius 1 is 0.762 bits per heavy atom. The number of ether oxygens (including phenoxy) is 1. The van der Waals surface area contributed by atoms with Gasteiger partial charge in [0, 0.05) is 16.6 Å². The summed E-state index contributed by atoms with van der Waals surface area (Å²) in [5.74, 6) is -3.34. The van der Waals surface area contributed by atoms with Crippen molar-refractivity contribution in [1.82, 2.24) is 9.80 Å². The zero-order chi connectivity index (χ0) is 29.3. The van der Waals surface area contributed by atoms with E-state index in [2.05, 4.69) is 28.1 Å². The molecule has 10 heteroatoms. The van der Waals surface area contributed by atoms with Gasteiger partial charge in [0.2, 0.25) is 23.6 Å². The van der Waals surface area contributed by atoms with Gasteiger partial charge in [-0.05, 0) is 67.9 Å². The number of ketones is 1. The minimum atomic E-state index is -1.17. The number of unbranched alkanes of at least 4 members (excludes halogenated alkanes) is 1. The quantitative estimate of drug-likeness (QED) is 0.127. The van der Waals surface area contributed by atoms with E-state index in [1.54, 1.807) is 24.3 Å². The Balaban J connectivity index is 1.02. The molecule has 4 fully saturated rings. The fraction of sp³-hybridized carbons (Fsp3) is 0.500. The molecule has 0 unspecified atom stereocenters. The number of likely N-dealkylation sites (tertiary alicyclic amines) is 2. The van der Waals surface area contributed by atoms with Crippen molar-refractivity contribution in [3.05, 3.63) is 58.6 Å². The number of esters is 1. The predicted octanol–water partition coefficient (Wildman–Crippen LogP) is 3.33. The van der Waals surface area contributed by atoms with Crippen LogP contribution in [-0.4, -0.2) is 64.4 Å². The number of hydrogen-bond acceptors (Lipinski definition) is 7. The Morgan fingerprint density at radius 2 is 1.26 bits per heavy atom. The zero-order valence-corrected chi connectivity index (χ0v) is 24.5. The first-order chi connectivity index (χ1) is 20.2. The Morgan fingerprint density at radius 3 is 1.79 bits per heavy atom. The lowest BCUT2D eigenvalue weighted by Gasteiger charge is -2.26. The number of rotatable bonds is 10. The summed E-state index contributed by atoms with van der Waals surface area (Å²) in [6, 6.07) is 5.49. The summed E-state index contributed by atoms with van der Waals surface area (Å²) in [5.41, 5.74) is 0.376. The zero-order valence-electron chi connectivity index (χ0n) is 22.9.